The maximum atomic E-state index is 12.1. The van der Waals surface area contributed by atoms with Gasteiger partial charge in [0.05, 0.1) is 17.4 Å². The Hall–Kier alpha value is -1.88. The minimum Gasteiger partial charge on any atom is -0.381 e. The van der Waals surface area contributed by atoms with Gasteiger partial charge in [-0.25, -0.2) is 4.98 Å². The summed E-state index contributed by atoms with van der Waals surface area (Å²) in [5, 5.41) is 0. The Morgan fingerprint density at radius 3 is 2.91 bits per heavy atom. The molecule has 1 aromatic carbocycles. The van der Waals surface area contributed by atoms with Gasteiger partial charge >= 0.3 is 0 Å². The summed E-state index contributed by atoms with van der Waals surface area (Å²) in [6, 6.07) is 6.41. The van der Waals surface area contributed by atoms with E-state index in [-0.39, 0.29) is 5.91 Å². The van der Waals surface area contributed by atoms with Gasteiger partial charge in [-0.15, -0.1) is 0 Å². The number of aromatic nitrogens is 2. The third-order valence-electron chi connectivity index (χ3n) is 4.54. The lowest BCUT2D eigenvalue weighted by Crippen LogP contribution is -2.29. The monoisotopic (exact) mass is 301 g/mol. The van der Waals surface area contributed by atoms with Crippen molar-refractivity contribution in [3.8, 4) is 0 Å². The van der Waals surface area contributed by atoms with Crippen LogP contribution in [-0.4, -0.2) is 47.2 Å². The number of hydrogen-bond acceptors (Lipinski definition) is 3. The average molecular weight is 301 g/mol. The van der Waals surface area contributed by atoms with E-state index in [1.54, 1.807) is 11.2 Å². The van der Waals surface area contributed by atoms with Gasteiger partial charge < -0.3 is 14.2 Å². The molecule has 1 aliphatic heterocycles. The first kappa shape index (κ1) is 15.0. The molecule has 0 N–H and O–H groups in total. The summed E-state index contributed by atoms with van der Waals surface area (Å²) in [5.74, 6) is 0.661. The SMILES string of the molecule is CCN(C)C(=O)Cn1cnc2ccc(C3CCOCC3)cc21. The molecule has 0 aliphatic carbocycles. The number of likely N-dealkylation sites (N-methyl/N-ethyl adjacent to an activating group) is 1. The summed E-state index contributed by atoms with van der Waals surface area (Å²) < 4.78 is 7.39. The fourth-order valence-electron chi connectivity index (χ4n) is 2.93. The lowest BCUT2D eigenvalue weighted by molar-refractivity contribution is -0.130. The topological polar surface area (TPSA) is 47.4 Å². The quantitative estimate of drug-likeness (QED) is 0.871. The van der Waals surface area contributed by atoms with Crippen molar-refractivity contribution in [2.24, 2.45) is 0 Å². The molecule has 0 unspecified atom stereocenters. The fraction of sp³-hybridized carbons (Fsp3) is 0.529. The van der Waals surface area contributed by atoms with E-state index in [0.29, 0.717) is 12.5 Å². The number of imidazole rings is 1. The highest BCUT2D eigenvalue weighted by Crippen LogP contribution is 2.29. The van der Waals surface area contributed by atoms with Crippen LogP contribution in [0.15, 0.2) is 24.5 Å². The van der Waals surface area contributed by atoms with Gasteiger partial charge in [0.15, 0.2) is 0 Å². The Labute approximate surface area is 130 Å². The summed E-state index contributed by atoms with van der Waals surface area (Å²) in [5.41, 5.74) is 3.32. The molecular formula is C17H23N3O2. The summed E-state index contributed by atoms with van der Waals surface area (Å²) in [6.07, 6.45) is 3.90. The van der Waals surface area contributed by atoms with Crippen molar-refractivity contribution in [2.75, 3.05) is 26.8 Å². The van der Waals surface area contributed by atoms with E-state index in [1.165, 1.54) is 5.56 Å². The molecule has 1 aliphatic rings. The summed E-state index contributed by atoms with van der Waals surface area (Å²) in [4.78, 5) is 18.3. The number of rotatable bonds is 4. The highest BCUT2D eigenvalue weighted by Gasteiger charge is 2.17. The second-order valence-electron chi connectivity index (χ2n) is 5.92. The van der Waals surface area contributed by atoms with Crippen molar-refractivity contribution in [2.45, 2.75) is 32.2 Å². The molecule has 118 valence electrons. The van der Waals surface area contributed by atoms with E-state index in [2.05, 4.69) is 23.2 Å². The van der Waals surface area contributed by atoms with E-state index in [1.807, 2.05) is 18.5 Å². The van der Waals surface area contributed by atoms with Gasteiger partial charge in [-0.2, -0.15) is 0 Å². The molecule has 1 aromatic heterocycles. The minimum absolute atomic E-state index is 0.110. The van der Waals surface area contributed by atoms with Crippen LogP contribution in [0, 0.1) is 0 Å². The Morgan fingerprint density at radius 1 is 1.41 bits per heavy atom. The molecule has 0 atom stereocenters. The van der Waals surface area contributed by atoms with Crippen LogP contribution in [0.4, 0.5) is 0 Å². The second-order valence-corrected chi connectivity index (χ2v) is 5.92. The molecule has 0 saturated carbocycles. The van der Waals surface area contributed by atoms with Crippen LogP contribution in [0.3, 0.4) is 0 Å². The van der Waals surface area contributed by atoms with Gasteiger partial charge in [-0.3, -0.25) is 4.79 Å². The Morgan fingerprint density at radius 2 is 2.18 bits per heavy atom. The number of hydrogen-bond donors (Lipinski definition) is 0. The van der Waals surface area contributed by atoms with E-state index in [9.17, 15) is 4.79 Å². The van der Waals surface area contributed by atoms with Gasteiger partial charge in [-0.05, 0) is 43.4 Å². The molecule has 3 rings (SSSR count). The number of benzene rings is 1. The van der Waals surface area contributed by atoms with Crippen molar-refractivity contribution in [3.63, 3.8) is 0 Å². The lowest BCUT2D eigenvalue weighted by atomic mass is 9.91. The zero-order chi connectivity index (χ0) is 15.5. The van der Waals surface area contributed by atoms with E-state index in [0.717, 1.165) is 43.6 Å². The fourth-order valence-corrected chi connectivity index (χ4v) is 2.93. The third-order valence-corrected chi connectivity index (χ3v) is 4.54. The standard InChI is InChI=1S/C17H23N3O2/c1-3-19(2)17(21)11-20-12-18-15-5-4-14(10-16(15)20)13-6-8-22-9-7-13/h4-5,10,12-13H,3,6-9,11H2,1-2H3. The normalized spacial score (nSPS) is 16.1. The van der Waals surface area contributed by atoms with Crippen LogP contribution < -0.4 is 0 Å². The number of nitrogens with zero attached hydrogens (tertiary/aromatic N) is 3. The number of carbonyl (C=O) groups excluding carboxylic acids is 1. The number of amides is 1. The molecule has 1 fully saturated rings. The van der Waals surface area contributed by atoms with Gasteiger partial charge in [0.2, 0.25) is 5.91 Å². The molecular weight excluding hydrogens is 278 g/mol. The predicted molar refractivity (Wildman–Crippen MR) is 85.8 cm³/mol. The predicted octanol–water partition coefficient (Wildman–Crippen LogP) is 2.41. The summed E-state index contributed by atoms with van der Waals surface area (Å²) >= 11 is 0. The van der Waals surface area contributed by atoms with Crippen LogP contribution in [0.1, 0.15) is 31.2 Å². The zero-order valence-corrected chi connectivity index (χ0v) is 13.3. The molecule has 1 saturated heterocycles. The maximum absolute atomic E-state index is 12.1. The Kier molecular flexibility index (Phi) is 4.43. The summed E-state index contributed by atoms with van der Waals surface area (Å²) in [7, 11) is 1.83. The van der Waals surface area contributed by atoms with Crippen LogP contribution in [0.5, 0.6) is 0 Å². The van der Waals surface area contributed by atoms with Crippen LogP contribution in [0.25, 0.3) is 11.0 Å². The van der Waals surface area contributed by atoms with E-state index < -0.39 is 0 Å². The first-order chi connectivity index (χ1) is 10.7. The number of fused-ring (bicyclic) bond motifs is 1. The molecule has 0 radical (unpaired) electrons. The Balaban J connectivity index is 1.86. The molecule has 1 amide bonds. The van der Waals surface area contributed by atoms with Crippen molar-refractivity contribution in [3.05, 3.63) is 30.1 Å². The van der Waals surface area contributed by atoms with Gasteiger partial charge in [0, 0.05) is 26.8 Å². The van der Waals surface area contributed by atoms with Crippen molar-refractivity contribution < 1.29 is 9.53 Å². The largest absolute Gasteiger partial charge is 0.381 e. The first-order valence-corrected chi connectivity index (χ1v) is 7.95. The maximum Gasteiger partial charge on any atom is 0.242 e. The van der Waals surface area contributed by atoms with Crippen LogP contribution in [0.2, 0.25) is 0 Å². The highest BCUT2D eigenvalue weighted by atomic mass is 16.5. The average Bonchev–Trinajstić information content (AvgIpc) is 2.97. The Bertz CT molecular complexity index is 659. The first-order valence-electron chi connectivity index (χ1n) is 7.95. The van der Waals surface area contributed by atoms with E-state index in [4.69, 9.17) is 4.74 Å². The molecule has 5 nitrogen and oxygen atoms in total. The van der Waals surface area contributed by atoms with Gasteiger partial charge in [0.1, 0.15) is 6.54 Å². The molecule has 5 heteroatoms. The second kappa shape index (κ2) is 6.48. The van der Waals surface area contributed by atoms with Crippen LogP contribution >= 0.6 is 0 Å². The minimum atomic E-state index is 0.110. The zero-order valence-electron chi connectivity index (χ0n) is 13.3. The van der Waals surface area contributed by atoms with Crippen molar-refractivity contribution in [1.82, 2.24) is 14.5 Å². The lowest BCUT2D eigenvalue weighted by Gasteiger charge is -2.22. The number of carbonyl (C=O) groups is 1. The van der Waals surface area contributed by atoms with Crippen molar-refractivity contribution in [1.29, 1.82) is 0 Å². The van der Waals surface area contributed by atoms with Gasteiger partial charge in [-0.1, -0.05) is 6.07 Å². The molecule has 2 heterocycles. The van der Waals surface area contributed by atoms with Crippen LogP contribution in [-0.2, 0) is 16.1 Å². The third kappa shape index (κ3) is 2.99. The number of ether oxygens (including phenoxy) is 1. The molecule has 22 heavy (non-hydrogen) atoms. The summed E-state index contributed by atoms with van der Waals surface area (Å²) in [6.45, 7) is 4.72. The van der Waals surface area contributed by atoms with Crippen molar-refractivity contribution >= 4 is 16.9 Å². The molecule has 0 spiro atoms. The smallest absolute Gasteiger partial charge is 0.242 e. The highest BCUT2D eigenvalue weighted by molar-refractivity contribution is 5.81. The van der Waals surface area contributed by atoms with Gasteiger partial charge in [0.25, 0.3) is 0 Å². The molecule has 0 bridgehead atoms. The van der Waals surface area contributed by atoms with E-state index >= 15 is 0 Å². The molecule has 2 aromatic rings.